The second-order valence-electron chi connectivity index (χ2n) is 10.3. The van der Waals surface area contributed by atoms with Crippen LogP contribution in [-0.2, 0) is 11.8 Å². The number of fused-ring (bicyclic) bond motifs is 1. The molecule has 0 aliphatic carbocycles. The summed E-state index contributed by atoms with van der Waals surface area (Å²) in [4.78, 5) is 19.0. The van der Waals surface area contributed by atoms with Gasteiger partial charge in [0.25, 0.3) is 0 Å². The molecule has 1 aliphatic rings. The lowest BCUT2D eigenvalue weighted by molar-refractivity contribution is -0.125. The number of nitrogens with zero attached hydrogens (tertiary/aromatic N) is 6. The number of hydrogen-bond acceptors (Lipinski definition) is 6. The van der Waals surface area contributed by atoms with Gasteiger partial charge in [-0.2, -0.15) is 10.2 Å². The zero-order valence-electron chi connectivity index (χ0n) is 22.8. The second-order valence-corrected chi connectivity index (χ2v) is 11.2. The molecule has 1 saturated heterocycles. The molecule has 41 heavy (non-hydrogen) atoms. The Balaban J connectivity index is 1.58. The van der Waals surface area contributed by atoms with E-state index >= 15 is 4.39 Å². The van der Waals surface area contributed by atoms with Gasteiger partial charge in [-0.15, -0.1) is 11.3 Å². The van der Waals surface area contributed by atoms with Crippen LogP contribution in [-0.4, -0.2) is 54.5 Å². The van der Waals surface area contributed by atoms with E-state index in [2.05, 4.69) is 16.8 Å². The van der Waals surface area contributed by atoms with E-state index < -0.39 is 11.6 Å². The maximum atomic E-state index is 15.8. The lowest BCUT2D eigenvalue weighted by atomic mass is 9.96. The van der Waals surface area contributed by atoms with Crippen molar-refractivity contribution in [3.8, 4) is 39.4 Å². The molecule has 0 bridgehead atoms. The minimum Gasteiger partial charge on any atom is -0.490 e. The first-order valence-electron chi connectivity index (χ1n) is 13.3. The smallest absolute Gasteiger partial charge is 0.246 e. The molecule has 1 aliphatic heterocycles. The van der Waals surface area contributed by atoms with Gasteiger partial charge in [0.05, 0.1) is 41.5 Å². The highest BCUT2D eigenvalue weighted by Crippen LogP contribution is 2.47. The average molecular weight is 575 g/mol. The maximum absolute atomic E-state index is 15.8. The van der Waals surface area contributed by atoms with Gasteiger partial charge in [-0.3, -0.25) is 14.2 Å². The standard InChI is InChI=1S/C30H28F2N6O2S/c1-5-25(39)37-8-6-21(16-37)38-15-19(13-34-38)29-27(26-23(32)10-20(31)11-24(26)40-17(2)3)30-22(7-9-41-30)28(35-29)18-12-33-36(4)14-18/h5,7,9-15,17,21H,1,6,8,16H2,2-4H3. The summed E-state index contributed by atoms with van der Waals surface area (Å²) in [5.41, 5.74) is 3.30. The molecule has 1 atom stereocenters. The molecule has 0 N–H and O–H groups in total. The zero-order chi connectivity index (χ0) is 28.8. The van der Waals surface area contributed by atoms with Gasteiger partial charge in [-0.25, -0.2) is 13.8 Å². The lowest BCUT2D eigenvalue weighted by Gasteiger charge is -2.19. The van der Waals surface area contributed by atoms with Crippen molar-refractivity contribution in [1.29, 1.82) is 0 Å². The number of benzene rings is 1. The number of rotatable bonds is 7. The summed E-state index contributed by atoms with van der Waals surface area (Å²) in [5, 5.41) is 11.7. The van der Waals surface area contributed by atoms with Crippen molar-refractivity contribution in [2.24, 2.45) is 7.05 Å². The zero-order valence-corrected chi connectivity index (χ0v) is 23.7. The molecule has 6 rings (SSSR count). The Morgan fingerprint density at radius 2 is 1.93 bits per heavy atom. The Morgan fingerprint density at radius 1 is 1.15 bits per heavy atom. The largest absolute Gasteiger partial charge is 0.490 e. The number of halogens is 2. The van der Waals surface area contributed by atoms with Crippen LogP contribution in [0.2, 0.25) is 0 Å². The van der Waals surface area contributed by atoms with E-state index in [1.54, 1.807) is 22.0 Å². The van der Waals surface area contributed by atoms with Gasteiger partial charge < -0.3 is 9.64 Å². The van der Waals surface area contributed by atoms with Crippen LogP contribution in [0.3, 0.4) is 0 Å². The van der Waals surface area contributed by atoms with Crippen molar-refractivity contribution < 1.29 is 18.3 Å². The minimum absolute atomic E-state index is 0.0262. The predicted octanol–water partition coefficient (Wildman–Crippen LogP) is 6.25. The molecule has 5 heterocycles. The van der Waals surface area contributed by atoms with Crippen LogP contribution in [0.4, 0.5) is 8.78 Å². The first kappa shape index (κ1) is 26.8. The molecular formula is C30H28F2N6O2S. The Morgan fingerprint density at radius 3 is 2.66 bits per heavy atom. The molecule has 8 nitrogen and oxygen atoms in total. The molecule has 1 aromatic carbocycles. The summed E-state index contributed by atoms with van der Waals surface area (Å²) in [6, 6.07) is 4.00. The van der Waals surface area contributed by atoms with E-state index in [9.17, 15) is 9.18 Å². The third-order valence-corrected chi connectivity index (χ3v) is 8.05. The van der Waals surface area contributed by atoms with Gasteiger partial charge in [-0.1, -0.05) is 6.58 Å². The molecular weight excluding hydrogens is 546 g/mol. The number of thiophene rings is 1. The number of aryl methyl sites for hydroxylation is 1. The topological polar surface area (TPSA) is 78.1 Å². The molecule has 1 fully saturated rings. The minimum atomic E-state index is -0.741. The van der Waals surface area contributed by atoms with Crippen LogP contribution in [0.25, 0.3) is 43.7 Å². The predicted molar refractivity (Wildman–Crippen MR) is 155 cm³/mol. The number of carbonyl (C=O) groups excluding carboxylic acids is 1. The molecule has 0 spiro atoms. The van der Waals surface area contributed by atoms with E-state index in [1.807, 2.05) is 49.4 Å². The van der Waals surface area contributed by atoms with Crippen LogP contribution < -0.4 is 4.74 Å². The molecule has 11 heteroatoms. The number of ether oxygens (including phenoxy) is 1. The van der Waals surface area contributed by atoms with E-state index in [0.717, 1.165) is 28.1 Å². The van der Waals surface area contributed by atoms with Crippen LogP contribution in [0, 0.1) is 11.6 Å². The number of aromatic nitrogens is 5. The summed E-state index contributed by atoms with van der Waals surface area (Å²) in [6.45, 7) is 8.32. The highest BCUT2D eigenvalue weighted by atomic mass is 32.1. The van der Waals surface area contributed by atoms with E-state index in [4.69, 9.17) is 9.72 Å². The molecule has 210 valence electrons. The number of carbonyl (C=O) groups is 1. The SMILES string of the molecule is C=CC(=O)N1CCC(n2cc(-c3nc(-c4cnn(C)c4)c4ccsc4c3-c3c(F)cc(F)cc3OC(C)C)cn2)C1. The fourth-order valence-corrected chi connectivity index (χ4v) is 6.26. The van der Waals surface area contributed by atoms with Crippen molar-refractivity contribution in [2.45, 2.75) is 32.4 Å². The number of hydrogen-bond donors (Lipinski definition) is 0. The van der Waals surface area contributed by atoms with Gasteiger partial charge in [0.1, 0.15) is 17.4 Å². The van der Waals surface area contributed by atoms with Crippen molar-refractivity contribution in [3.05, 3.63) is 72.7 Å². The average Bonchev–Trinajstić information content (AvgIpc) is 3.74. The highest BCUT2D eigenvalue weighted by molar-refractivity contribution is 7.18. The second kappa shape index (κ2) is 10.5. The number of amides is 1. The van der Waals surface area contributed by atoms with Crippen LogP contribution in [0.5, 0.6) is 5.75 Å². The van der Waals surface area contributed by atoms with Gasteiger partial charge >= 0.3 is 0 Å². The summed E-state index contributed by atoms with van der Waals surface area (Å²) in [5.74, 6) is -1.48. The summed E-state index contributed by atoms with van der Waals surface area (Å²) < 4.78 is 40.5. The van der Waals surface area contributed by atoms with Crippen molar-refractivity contribution >= 4 is 27.3 Å². The molecule has 1 unspecified atom stereocenters. The first-order chi connectivity index (χ1) is 19.7. The fraction of sp³-hybridized carbons (Fsp3) is 0.267. The summed E-state index contributed by atoms with van der Waals surface area (Å²) in [6.07, 6.45) is 8.92. The van der Waals surface area contributed by atoms with Gasteiger partial charge in [0.2, 0.25) is 5.91 Å². The van der Waals surface area contributed by atoms with Gasteiger partial charge in [0, 0.05) is 71.4 Å². The molecule has 4 aromatic heterocycles. The third kappa shape index (κ3) is 4.90. The van der Waals surface area contributed by atoms with Crippen LogP contribution in [0.15, 0.2) is 61.0 Å². The van der Waals surface area contributed by atoms with E-state index in [-0.39, 0.29) is 29.4 Å². The van der Waals surface area contributed by atoms with Crippen LogP contribution >= 0.6 is 11.3 Å². The van der Waals surface area contributed by atoms with Crippen LogP contribution in [0.1, 0.15) is 26.3 Å². The van der Waals surface area contributed by atoms with Crippen molar-refractivity contribution in [3.63, 3.8) is 0 Å². The molecule has 1 amide bonds. The maximum Gasteiger partial charge on any atom is 0.246 e. The Labute approximate surface area is 239 Å². The first-order valence-corrected chi connectivity index (χ1v) is 14.1. The molecule has 0 saturated carbocycles. The normalized spacial score (nSPS) is 15.3. The van der Waals surface area contributed by atoms with Crippen molar-refractivity contribution in [1.82, 2.24) is 29.4 Å². The summed E-state index contributed by atoms with van der Waals surface area (Å²) in [7, 11) is 1.83. The molecule has 0 radical (unpaired) electrons. The monoisotopic (exact) mass is 574 g/mol. The van der Waals surface area contributed by atoms with E-state index in [1.165, 1.54) is 23.5 Å². The Bertz CT molecular complexity index is 1790. The van der Waals surface area contributed by atoms with Gasteiger partial charge in [0.15, 0.2) is 0 Å². The Kier molecular flexibility index (Phi) is 6.90. The van der Waals surface area contributed by atoms with Crippen molar-refractivity contribution in [2.75, 3.05) is 13.1 Å². The molecule has 5 aromatic rings. The van der Waals surface area contributed by atoms with Gasteiger partial charge in [-0.05, 0) is 37.8 Å². The summed E-state index contributed by atoms with van der Waals surface area (Å²) >= 11 is 1.45. The van der Waals surface area contributed by atoms with E-state index in [0.29, 0.717) is 35.6 Å². The lowest BCUT2D eigenvalue weighted by Crippen LogP contribution is -2.27. The number of likely N-dealkylation sites (tertiary alicyclic amines) is 1. The fourth-order valence-electron chi connectivity index (χ4n) is 5.32. The third-order valence-electron chi connectivity index (χ3n) is 7.12. The quantitative estimate of drug-likeness (QED) is 0.215. The number of pyridine rings is 1. The highest BCUT2D eigenvalue weighted by Gasteiger charge is 2.29. The Hall–Kier alpha value is -4.38.